The Labute approximate surface area is 214 Å². The molecule has 1 rings (SSSR count). The van der Waals surface area contributed by atoms with Crippen molar-refractivity contribution in [2.75, 3.05) is 13.2 Å². The van der Waals surface area contributed by atoms with Gasteiger partial charge in [-0.15, -0.1) is 11.3 Å². The normalized spacial score (nSPS) is 11.5. The molecule has 0 aliphatic heterocycles. The predicted octanol–water partition coefficient (Wildman–Crippen LogP) is 7.37. The number of thiophene rings is 1. The highest BCUT2D eigenvalue weighted by atomic mass is 32.1. The minimum Gasteiger partial charge on any atom is -0.462 e. The molecule has 0 amide bonds. The van der Waals surface area contributed by atoms with E-state index < -0.39 is 11.9 Å². The Hall–Kier alpha value is -2.90. The van der Waals surface area contributed by atoms with Crippen molar-refractivity contribution in [1.82, 2.24) is 0 Å². The largest absolute Gasteiger partial charge is 0.462 e. The van der Waals surface area contributed by atoms with Gasteiger partial charge in [0.05, 0.1) is 13.2 Å². The molecule has 0 fully saturated rings. The third-order valence-corrected chi connectivity index (χ3v) is 6.34. The topological polar surface area (TPSA) is 100 Å². The van der Waals surface area contributed by atoms with E-state index in [1.807, 2.05) is 12.1 Å². The van der Waals surface area contributed by atoms with E-state index in [4.69, 9.17) is 9.47 Å². The molecule has 0 aliphatic rings. The van der Waals surface area contributed by atoms with E-state index in [0.29, 0.717) is 23.0 Å². The molecule has 0 unspecified atom stereocenters. The first-order valence-electron chi connectivity index (χ1n) is 12.7. The van der Waals surface area contributed by atoms with Crippen molar-refractivity contribution in [3.8, 4) is 12.1 Å². The van der Waals surface area contributed by atoms with Gasteiger partial charge in [-0.1, -0.05) is 78.1 Å². The summed E-state index contributed by atoms with van der Waals surface area (Å²) in [5, 5.41) is 18.7. The van der Waals surface area contributed by atoms with Crippen LogP contribution >= 0.6 is 11.3 Å². The number of esters is 2. The Kier molecular flexibility index (Phi) is 16.7. The molecule has 6 nitrogen and oxygen atoms in total. The van der Waals surface area contributed by atoms with Gasteiger partial charge in [-0.05, 0) is 37.1 Å². The SMILES string of the molecule is CCCCCCCCOC(=O)/C(C#N)=C/c1ccc(/C=C(\C#N)C(=O)OCCCCCCCC)s1. The van der Waals surface area contributed by atoms with E-state index in [9.17, 15) is 20.1 Å². The van der Waals surface area contributed by atoms with Gasteiger partial charge in [0, 0.05) is 9.75 Å². The van der Waals surface area contributed by atoms with Gasteiger partial charge in [0.1, 0.15) is 23.3 Å². The molecular formula is C28H38N2O4S. The summed E-state index contributed by atoms with van der Waals surface area (Å²) in [7, 11) is 0. The van der Waals surface area contributed by atoms with E-state index in [-0.39, 0.29) is 11.1 Å². The zero-order valence-corrected chi connectivity index (χ0v) is 22.0. The fourth-order valence-corrected chi connectivity index (χ4v) is 4.23. The molecule has 0 atom stereocenters. The summed E-state index contributed by atoms with van der Waals surface area (Å²) in [4.78, 5) is 25.7. The molecule has 0 saturated heterocycles. The van der Waals surface area contributed by atoms with Gasteiger partial charge in [-0.2, -0.15) is 10.5 Å². The predicted molar refractivity (Wildman–Crippen MR) is 140 cm³/mol. The van der Waals surface area contributed by atoms with Gasteiger partial charge in [-0.25, -0.2) is 9.59 Å². The first-order valence-corrected chi connectivity index (χ1v) is 13.5. The van der Waals surface area contributed by atoms with Crippen molar-refractivity contribution in [3.05, 3.63) is 33.0 Å². The molecule has 1 aromatic heterocycles. The third kappa shape index (κ3) is 13.5. The second-order valence-corrected chi connectivity index (χ2v) is 9.53. The smallest absolute Gasteiger partial charge is 0.348 e. The third-order valence-electron chi connectivity index (χ3n) is 5.36. The number of nitrogens with zero attached hydrogens (tertiary/aromatic N) is 2. The molecule has 0 saturated carbocycles. The molecule has 1 aromatic rings. The van der Waals surface area contributed by atoms with E-state index in [1.165, 1.54) is 62.0 Å². The number of ether oxygens (including phenoxy) is 2. The van der Waals surface area contributed by atoms with Gasteiger partial charge >= 0.3 is 11.9 Å². The summed E-state index contributed by atoms with van der Waals surface area (Å²) in [5.74, 6) is -1.27. The molecular weight excluding hydrogens is 460 g/mol. The minimum absolute atomic E-state index is 0.0767. The lowest BCUT2D eigenvalue weighted by Crippen LogP contribution is -2.08. The number of nitriles is 2. The molecule has 0 spiro atoms. The van der Waals surface area contributed by atoms with E-state index in [1.54, 1.807) is 12.1 Å². The lowest BCUT2D eigenvalue weighted by molar-refractivity contribution is -0.139. The van der Waals surface area contributed by atoms with Crippen LogP contribution in [0.5, 0.6) is 0 Å². The maximum absolute atomic E-state index is 12.2. The van der Waals surface area contributed by atoms with Crippen LogP contribution in [0.3, 0.4) is 0 Å². The van der Waals surface area contributed by atoms with Crippen molar-refractivity contribution >= 4 is 35.4 Å². The summed E-state index contributed by atoms with van der Waals surface area (Å²) in [6.45, 7) is 4.93. The summed E-state index contributed by atoms with van der Waals surface area (Å²) in [6, 6.07) is 7.24. The average Bonchev–Trinajstić information content (AvgIpc) is 3.31. The second kappa shape index (κ2) is 19.4. The van der Waals surface area contributed by atoms with Crippen LogP contribution in [0.25, 0.3) is 12.2 Å². The Morgan fingerprint density at radius 2 is 1.09 bits per heavy atom. The minimum atomic E-state index is -0.637. The molecule has 0 aliphatic carbocycles. The molecule has 0 aromatic carbocycles. The van der Waals surface area contributed by atoms with Crippen LogP contribution in [0, 0.1) is 22.7 Å². The maximum Gasteiger partial charge on any atom is 0.348 e. The van der Waals surface area contributed by atoms with E-state index in [0.717, 1.165) is 38.5 Å². The summed E-state index contributed by atoms with van der Waals surface area (Å²) in [5.41, 5.74) is -0.153. The van der Waals surface area contributed by atoms with Crippen LogP contribution in [0.15, 0.2) is 23.3 Å². The number of carbonyl (C=O) groups excluding carboxylic acids is 2. The molecule has 0 radical (unpaired) electrons. The Morgan fingerprint density at radius 1 is 0.714 bits per heavy atom. The summed E-state index contributed by atoms with van der Waals surface area (Å²) < 4.78 is 10.5. The molecule has 35 heavy (non-hydrogen) atoms. The van der Waals surface area contributed by atoms with Gasteiger partial charge in [0.2, 0.25) is 0 Å². The number of carbonyl (C=O) groups is 2. The molecule has 1 heterocycles. The Bertz CT molecular complexity index is 846. The molecule has 7 heteroatoms. The lowest BCUT2D eigenvalue weighted by Gasteiger charge is -2.04. The van der Waals surface area contributed by atoms with Crippen molar-refractivity contribution in [2.24, 2.45) is 0 Å². The van der Waals surface area contributed by atoms with Crippen LogP contribution in [0.4, 0.5) is 0 Å². The van der Waals surface area contributed by atoms with Crippen molar-refractivity contribution < 1.29 is 19.1 Å². The quantitative estimate of drug-likeness (QED) is 0.0906. The average molecular weight is 499 g/mol. The molecule has 190 valence electrons. The van der Waals surface area contributed by atoms with Crippen molar-refractivity contribution in [3.63, 3.8) is 0 Å². The van der Waals surface area contributed by atoms with Gasteiger partial charge in [0.25, 0.3) is 0 Å². The first kappa shape index (κ1) is 30.1. The maximum atomic E-state index is 12.2. The summed E-state index contributed by atoms with van der Waals surface area (Å²) in [6.07, 6.45) is 15.9. The summed E-state index contributed by atoms with van der Waals surface area (Å²) >= 11 is 1.26. The number of hydrogen-bond acceptors (Lipinski definition) is 7. The number of unbranched alkanes of at least 4 members (excludes halogenated alkanes) is 10. The van der Waals surface area contributed by atoms with Gasteiger partial charge < -0.3 is 9.47 Å². The Morgan fingerprint density at radius 3 is 1.46 bits per heavy atom. The zero-order chi connectivity index (χ0) is 25.7. The van der Waals surface area contributed by atoms with Gasteiger partial charge in [-0.3, -0.25) is 0 Å². The van der Waals surface area contributed by atoms with Crippen LogP contribution in [-0.2, 0) is 19.1 Å². The second-order valence-electron chi connectivity index (χ2n) is 8.39. The standard InChI is InChI=1S/C28H38N2O4S/c1-3-5-7-9-11-13-17-33-27(31)23(21-29)19-25-15-16-26(35-25)20-24(22-30)28(32)34-18-14-12-10-8-6-4-2/h15-16,19-20H,3-14,17-18H2,1-2H3/b23-19+,24-20+. The molecule has 0 N–H and O–H groups in total. The van der Waals surface area contributed by atoms with Gasteiger partial charge in [0.15, 0.2) is 0 Å². The first-order chi connectivity index (χ1) is 17.0. The van der Waals surface area contributed by atoms with Crippen LogP contribution < -0.4 is 0 Å². The number of hydrogen-bond donors (Lipinski definition) is 0. The fourth-order valence-electron chi connectivity index (χ4n) is 3.33. The van der Waals surface area contributed by atoms with Crippen molar-refractivity contribution in [2.45, 2.75) is 90.9 Å². The van der Waals surface area contributed by atoms with Crippen LogP contribution in [0.1, 0.15) is 101 Å². The lowest BCUT2D eigenvalue weighted by atomic mass is 10.1. The van der Waals surface area contributed by atoms with E-state index in [2.05, 4.69) is 13.8 Å². The fraction of sp³-hybridized carbons (Fsp3) is 0.571. The van der Waals surface area contributed by atoms with Crippen molar-refractivity contribution in [1.29, 1.82) is 10.5 Å². The Balaban J connectivity index is 2.56. The number of rotatable bonds is 18. The highest BCUT2D eigenvalue weighted by Gasteiger charge is 2.13. The van der Waals surface area contributed by atoms with E-state index >= 15 is 0 Å². The van der Waals surface area contributed by atoms with Crippen LogP contribution in [-0.4, -0.2) is 25.2 Å². The monoisotopic (exact) mass is 498 g/mol. The highest BCUT2D eigenvalue weighted by Crippen LogP contribution is 2.22. The molecule has 0 bridgehead atoms. The highest BCUT2D eigenvalue weighted by molar-refractivity contribution is 7.13. The van der Waals surface area contributed by atoms with Crippen LogP contribution in [0.2, 0.25) is 0 Å². The zero-order valence-electron chi connectivity index (χ0n) is 21.1.